The lowest BCUT2D eigenvalue weighted by molar-refractivity contribution is 0.210. The summed E-state index contributed by atoms with van der Waals surface area (Å²) >= 11 is 2.15. The van der Waals surface area contributed by atoms with Crippen LogP contribution in [0, 0.1) is 23.7 Å². The molecule has 5 rings (SSSR count). The molecule has 5 atom stereocenters. The lowest BCUT2D eigenvalue weighted by atomic mass is 9.79. The minimum absolute atomic E-state index is 0.492. The summed E-state index contributed by atoms with van der Waals surface area (Å²) in [5.74, 6) is 6.86. The number of rotatable bonds is 1. The number of fused-ring (bicyclic) bond motifs is 6. The van der Waals surface area contributed by atoms with E-state index < -0.39 is 0 Å². The Morgan fingerprint density at radius 2 is 2.00 bits per heavy atom. The summed E-state index contributed by atoms with van der Waals surface area (Å²) in [5, 5.41) is 0. The van der Waals surface area contributed by atoms with Gasteiger partial charge in [0.2, 0.25) is 0 Å². The van der Waals surface area contributed by atoms with Crippen LogP contribution in [0.4, 0.5) is 5.82 Å². The number of anilines is 1. The van der Waals surface area contributed by atoms with Crippen LogP contribution in [-0.4, -0.2) is 31.0 Å². The van der Waals surface area contributed by atoms with Gasteiger partial charge in [-0.2, -0.15) is 11.8 Å². The lowest BCUT2D eigenvalue weighted by Crippen LogP contribution is -2.28. The number of hydrogen-bond donors (Lipinski definition) is 1. The van der Waals surface area contributed by atoms with Crippen LogP contribution in [-0.2, 0) is 0 Å². The monoisotopic (exact) mass is 287 g/mol. The highest BCUT2D eigenvalue weighted by Gasteiger charge is 2.54. The quantitative estimate of drug-likeness (QED) is 0.868. The van der Waals surface area contributed by atoms with Gasteiger partial charge in [-0.3, -0.25) is 0 Å². The average Bonchev–Trinajstić information content (AvgIpc) is 3.19. The van der Waals surface area contributed by atoms with Crippen molar-refractivity contribution in [3.63, 3.8) is 0 Å². The second kappa shape index (κ2) is 3.87. The van der Waals surface area contributed by atoms with E-state index in [4.69, 9.17) is 5.73 Å². The van der Waals surface area contributed by atoms with Crippen molar-refractivity contribution in [3.8, 4) is 0 Å². The summed E-state index contributed by atoms with van der Waals surface area (Å²) < 4.78 is 2.28. The molecular weight excluding hydrogens is 270 g/mol. The van der Waals surface area contributed by atoms with E-state index in [-0.39, 0.29) is 0 Å². The van der Waals surface area contributed by atoms with E-state index in [1.54, 1.807) is 6.33 Å². The maximum absolute atomic E-state index is 5.90. The minimum atomic E-state index is 0.492. The minimum Gasteiger partial charge on any atom is -0.382 e. The van der Waals surface area contributed by atoms with E-state index in [0.29, 0.717) is 11.9 Å². The molecule has 3 fully saturated rings. The van der Waals surface area contributed by atoms with Gasteiger partial charge >= 0.3 is 0 Å². The molecule has 104 valence electrons. The molecule has 5 nitrogen and oxygen atoms in total. The number of thioether (sulfide) groups is 1. The van der Waals surface area contributed by atoms with Gasteiger partial charge < -0.3 is 10.3 Å². The Morgan fingerprint density at radius 1 is 1.10 bits per heavy atom. The van der Waals surface area contributed by atoms with Crippen LogP contribution in [0.1, 0.15) is 18.9 Å². The number of aromatic nitrogens is 4. The number of imidazole rings is 1. The molecule has 0 aromatic carbocycles. The second-order valence-corrected chi connectivity index (χ2v) is 7.49. The standard InChI is InChI=1S/C14H17N5S/c15-13-12-14(17-5-16-13)19(6-18-12)11-2-7-1-8(11)10-4-20-3-9(7)10/h5-11H,1-4H2,(H2,15,16,17)/t7-,8-,9+,10-,11?/m1/s1. The summed E-state index contributed by atoms with van der Waals surface area (Å²) in [6, 6.07) is 0.569. The van der Waals surface area contributed by atoms with Crippen molar-refractivity contribution in [2.75, 3.05) is 17.2 Å². The molecule has 0 spiro atoms. The largest absolute Gasteiger partial charge is 0.382 e. The maximum atomic E-state index is 5.90. The van der Waals surface area contributed by atoms with Crippen molar-refractivity contribution in [1.29, 1.82) is 0 Å². The fourth-order valence-corrected chi connectivity index (χ4v) is 6.54. The molecule has 2 saturated carbocycles. The molecule has 1 saturated heterocycles. The predicted octanol–water partition coefficient (Wildman–Crippen LogP) is 1.97. The molecule has 2 aromatic rings. The number of hydrogen-bond acceptors (Lipinski definition) is 5. The van der Waals surface area contributed by atoms with Crippen LogP contribution >= 0.6 is 11.8 Å². The van der Waals surface area contributed by atoms with Crippen molar-refractivity contribution < 1.29 is 0 Å². The molecule has 0 amide bonds. The molecule has 2 bridgehead atoms. The van der Waals surface area contributed by atoms with Crippen LogP contribution in [0.5, 0.6) is 0 Å². The molecule has 3 heterocycles. The maximum Gasteiger partial charge on any atom is 0.165 e. The molecule has 1 aliphatic heterocycles. The van der Waals surface area contributed by atoms with E-state index in [1.807, 2.05) is 6.33 Å². The summed E-state index contributed by atoms with van der Waals surface area (Å²) in [7, 11) is 0. The van der Waals surface area contributed by atoms with Gasteiger partial charge in [0.15, 0.2) is 11.5 Å². The highest BCUT2D eigenvalue weighted by atomic mass is 32.2. The first-order chi connectivity index (χ1) is 9.83. The normalized spacial score (nSPS) is 38.7. The predicted molar refractivity (Wildman–Crippen MR) is 79.3 cm³/mol. The van der Waals surface area contributed by atoms with Gasteiger partial charge in [0, 0.05) is 6.04 Å². The van der Waals surface area contributed by atoms with Crippen molar-refractivity contribution in [3.05, 3.63) is 12.7 Å². The van der Waals surface area contributed by atoms with Gasteiger partial charge in [-0.1, -0.05) is 0 Å². The summed E-state index contributed by atoms with van der Waals surface area (Å²) in [5.41, 5.74) is 7.57. The van der Waals surface area contributed by atoms with Crippen molar-refractivity contribution in [2.45, 2.75) is 18.9 Å². The van der Waals surface area contributed by atoms with Gasteiger partial charge in [-0.25, -0.2) is 15.0 Å². The van der Waals surface area contributed by atoms with Crippen molar-refractivity contribution >= 4 is 28.7 Å². The third-order valence-corrected chi connectivity index (χ3v) is 6.92. The van der Waals surface area contributed by atoms with E-state index in [2.05, 4.69) is 31.3 Å². The van der Waals surface area contributed by atoms with Gasteiger partial charge in [-0.15, -0.1) is 0 Å². The summed E-state index contributed by atoms with van der Waals surface area (Å²) in [4.78, 5) is 12.9. The van der Waals surface area contributed by atoms with Crippen LogP contribution < -0.4 is 5.73 Å². The first-order valence-electron chi connectivity index (χ1n) is 7.33. The second-order valence-electron chi connectivity index (χ2n) is 6.41. The molecule has 2 N–H and O–H groups in total. The van der Waals surface area contributed by atoms with Crippen LogP contribution in [0.15, 0.2) is 12.7 Å². The van der Waals surface area contributed by atoms with Crippen molar-refractivity contribution in [2.24, 2.45) is 23.7 Å². The molecule has 6 heteroatoms. The summed E-state index contributed by atoms with van der Waals surface area (Å²) in [6.07, 6.45) is 6.18. The van der Waals surface area contributed by atoms with Gasteiger partial charge in [0.05, 0.1) is 6.33 Å². The zero-order valence-electron chi connectivity index (χ0n) is 11.1. The number of nitrogen functional groups attached to an aromatic ring is 1. The molecule has 1 unspecified atom stereocenters. The Balaban J connectivity index is 1.59. The van der Waals surface area contributed by atoms with E-state index in [0.717, 1.165) is 34.8 Å². The van der Waals surface area contributed by atoms with E-state index in [1.165, 1.54) is 24.3 Å². The molecular formula is C14H17N5S. The van der Waals surface area contributed by atoms with Crippen LogP contribution in [0.2, 0.25) is 0 Å². The fraction of sp³-hybridized carbons (Fsp3) is 0.643. The zero-order valence-corrected chi connectivity index (χ0v) is 12.0. The first-order valence-corrected chi connectivity index (χ1v) is 8.49. The van der Waals surface area contributed by atoms with Crippen molar-refractivity contribution in [1.82, 2.24) is 19.5 Å². The smallest absolute Gasteiger partial charge is 0.165 e. The molecule has 2 aromatic heterocycles. The molecule has 3 aliphatic rings. The number of nitrogens with zero attached hydrogens (tertiary/aromatic N) is 4. The lowest BCUT2D eigenvalue weighted by Gasteiger charge is -2.31. The topological polar surface area (TPSA) is 69.6 Å². The van der Waals surface area contributed by atoms with Crippen LogP contribution in [0.25, 0.3) is 11.2 Å². The Labute approximate surface area is 121 Å². The number of nitrogens with two attached hydrogens (primary N) is 1. The van der Waals surface area contributed by atoms with Gasteiger partial charge in [0.1, 0.15) is 11.8 Å². The molecule has 2 aliphatic carbocycles. The average molecular weight is 287 g/mol. The molecule has 20 heavy (non-hydrogen) atoms. The fourth-order valence-electron chi connectivity index (χ4n) is 4.84. The highest BCUT2D eigenvalue weighted by molar-refractivity contribution is 7.99. The zero-order chi connectivity index (χ0) is 13.3. The summed E-state index contributed by atoms with van der Waals surface area (Å²) in [6.45, 7) is 0. The Kier molecular flexibility index (Phi) is 2.20. The Morgan fingerprint density at radius 3 is 2.95 bits per heavy atom. The third kappa shape index (κ3) is 1.33. The highest BCUT2D eigenvalue weighted by Crippen LogP contribution is 2.61. The van der Waals surface area contributed by atoms with Gasteiger partial charge in [-0.05, 0) is 48.0 Å². The van der Waals surface area contributed by atoms with Gasteiger partial charge in [0.25, 0.3) is 0 Å². The molecule has 0 radical (unpaired) electrons. The van der Waals surface area contributed by atoms with E-state index >= 15 is 0 Å². The third-order valence-electron chi connectivity index (χ3n) is 5.68. The van der Waals surface area contributed by atoms with E-state index in [9.17, 15) is 0 Å². The van der Waals surface area contributed by atoms with Crippen LogP contribution in [0.3, 0.4) is 0 Å². The SMILES string of the molecule is Nc1ncnc2c1ncn2C1C[C@H]2C[C@@H]1[C@H]1CSC[C@@H]21. The Bertz CT molecular complexity index is 683. The Hall–Kier alpha value is -1.30. The first kappa shape index (κ1) is 11.4.